The van der Waals surface area contributed by atoms with Gasteiger partial charge in [0, 0.05) is 10.7 Å². The highest BCUT2D eigenvalue weighted by Gasteiger charge is 2.13. The minimum Gasteiger partial charge on any atom is -0.331 e. The van der Waals surface area contributed by atoms with Crippen LogP contribution in [-0.4, -0.2) is 6.03 Å². The van der Waals surface area contributed by atoms with Gasteiger partial charge in [-0.25, -0.2) is 4.79 Å². The van der Waals surface area contributed by atoms with Crippen LogP contribution in [0.15, 0.2) is 42.5 Å². The number of carbonyl (C=O) groups is 1. The zero-order valence-electron chi connectivity index (χ0n) is 13.1. The molecule has 0 aliphatic heterocycles. The first-order valence-electron chi connectivity index (χ1n) is 7.40. The van der Waals surface area contributed by atoms with Gasteiger partial charge >= 0.3 is 6.03 Å². The minimum absolute atomic E-state index is 0.0389. The van der Waals surface area contributed by atoms with Gasteiger partial charge in [-0.3, -0.25) is 0 Å². The molecule has 1 unspecified atom stereocenters. The molecule has 2 rings (SSSR count). The second kappa shape index (κ2) is 7.32. The molecule has 3 nitrogen and oxygen atoms in total. The van der Waals surface area contributed by atoms with E-state index in [2.05, 4.69) is 10.6 Å². The van der Waals surface area contributed by atoms with E-state index in [1.165, 1.54) is 5.56 Å². The molecule has 22 heavy (non-hydrogen) atoms. The summed E-state index contributed by atoms with van der Waals surface area (Å²) in [7, 11) is 0. The van der Waals surface area contributed by atoms with Gasteiger partial charge in [0.1, 0.15) is 0 Å². The molecule has 0 saturated carbocycles. The highest BCUT2D eigenvalue weighted by atomic mass is 35.5. The SMILES string of the molecule is CCC(NC(=O)Nc1ccc(C)cc1C)c1ccc(Cl)cc1. The first kappa shape index (κ1) is 16.4. The molecule has 2 amide bonds. The summed E-state index contributed by atoms with van der Waals surface area (Å²) in [5, 5.41) is 6.60. The molecule has 0 heterocycles. The van der Waals surface area contributed by atoms with Gasteiger partial charge in [0.25, 0.3) is 0 Å². The standard InChI is InChI=1S/C18H21ClN2O/c1-4-16(14-6-8-15(19)9-7-14)20-18(22)21-17-10-5-12(2)11-13(17)3/h5-11,16H,4H2,1-3H3,(H2,20,21,22). The molecular formula is C18H21ClN2O. The van der Waals surface area contributed by atoms with Gasteiger partial charge < -0.3 is 10.6 Å². The van der Waals surface area contributed by atoms with Gasteiger partial charge in [-0.2, -0.15) is 0 Å². The van der Waals surface area contributed by atoms with Crippen molar-refractivity contribution in [1.82, 2.24) is 5.32 Å². The molecule has 4 heteroatoms. The maximum atomic E-state index is 12.2. The number of rotatable bonds is 4. The summed E-state index contributed by atoms with van der Waals surface area (Å²) in [6.45, 7) is 6.06. The summed E-state index contributed by atoms with van der Waals surface area (Å²) in [6, 6.07) is 13.3. The molecule has 0 saturated heterocycles. The van der Waals surface area contributed by atoms with Gasteiger partial charge in [0.2, 0.25) is 0 Å². The van der Waals surface area contributed by atoms with Crippen molar-refractivity contribution in [3.8, 4) is 0 Å². The third-order valence-electron chi connectivity index (χ3n) is 3.62. The highest BCUT2D eigenvalue weighted by molar-refractivity contribution is 6.30. The lowest BCUT2D eigenvalue weighted by Gasteiger charge is -2.18. The zero-order chi connectivity index (χ0) is 16.1. The summed E-state index contributed by atoms with van der Waals surface area (Å²) in [4.78, 5) is 12.2. The molecule has 0 aliphatic carbocycles. The highest BCUT2D eigenvalue weighted by Crippen LogP contribution is 2.20. The number of hydrogen-bond donors (Lipinski definition) is 2. The van der Waals surface area contributed by atoms with Crippen molar-refractivity contribution < 1.29 is 4.79 Å². The fourth-order valence-electron chi connectivity index (χ4n) is 2.39. The molecule has 0 bridgehead atoms. The molecule has 0 aromatic heterocycles. The van der Waals surface area contributed by atoms with Gasteiger partial charge in [-0.05, 0) is 49.6 Å². The molecule has 2 aromatic rings. The largest absolute Gasteiger partial charge is 0.331 e. The lowest BCUT2D eigenvalue weighted by molar-refractivity contribution is 0.248. The number of nitrogens with one attached hydrogen (secondary N) is 2. The average Bonchev–Trinajstić information content (AvgIpc) is 2.49. The zero-order valence-corrected chi connectivity index (χ0v) is 13.9. The van der Waals surface area contributed by atoms with E-state index in [0.29, 0.717) is 5.02 Å². The van der Waals surface area contributed by atoms with Crippen molar-refractivity contribution in [2.45, 2.75) is 33.2 Å². The van der Waals surface area contributed by atoms with Crippen LogP contribution < -0.4 is 10.6 Å². The average molecular weight is 317 g/mol. The lowest BCUT2D eigenvalue weighted by atomic mass is 10.1. The van der Waals surface area contributed by atoms with Crippen LogP contribution in [0.5, 0.6) is 0 Å². The summed E-state index contributed by atoms with van der Waals surface area (Å²) >= 11 is 5.90. The van der Waals surface area contributed by atoms with Crippen LogP contribution in [0.4, 0.5) is 10.5 Å². The number of aryl methyl sites for hydroxylation is 2. The topological polar surface area (TPSA) is 41.1 Å². The fraction of sp³-hybridized carbons (Fsp3) is 0.278. The summed E-state index contributed by atoms with van der Waals surface area (Å²) < 4.78 is 0. The van der Waals surface area contributed by atoms with E-state index in [0.717, 1.165) is 23.2 Å². The molecule has 0 spiro atoms. The Balaban J connectivity index is 2.04. The summed E-state index contributed by atoms with van der Waals surface area (Å²) in [6.07, 6.45) is 0.807. The first-order valence-corrected chi connectivity index (χ1v) is 7.77. The Kier molecular flexibility index (Phi) is 5.45. The van der Waals surface area contributed by atoms with E-state index < -0.39 is 0 Å². The summed E-state index contributed by atoms with van der Waals surface area (Å²) in [5.74, 6) is 0. The van der Waals surface area contributed by atoms with Crippen molar-refractivity contribution in [2.75, 3.05) is 5.32 Å². The smallest absolute Gasteiger partial charge is 0.319 e. The number of hydrogen-bond acceptors (Lipinski definition) is 1. The second-order valence-electron chi connectivity index (χ2n) is 5.43. The normalized spacial score (nSPS) is 11.8. The van der Waals surface area contributed by atoms with Crippen LogP contribution in [0.1, 0.15) is 36.1 Å². The molecule has 116 valence electrons. The van der Waals surface area contributed by atoms with Crippen molar-refractivity contribution in [1.29, 1.82) is 0 Å². The maximum absolute atomic E-state index is 12.2. The Bertz CT molecular complexity index is 653. The maximum Gasteiger partial charge on any atom is 0.319 e. The Morgan fingerprint density at radius 1 is 1.14 bits per heavy atom. The lowest BCUT2D eigenvalue weighted by Crippen LogP contribution is -2.32. The molecular weight excluding hydrogens is 296 g/mol. The van der Waals surface area contributed by atoms with Crippen LogP contribution in [-0.2, 0) is 0 Å². The van der Waals surface area contributed by atoms with Crippen LogP contribution >= 0.6 is 11.6 Å². The van der Waals surface area contributed by atoms with Crippen LogP contribution in [0.2, 0.25) is 5.02 Å². The van der Waals surface area contributed by atoms with Crippen LogP contribution in [0, 0.1) is 13.8 Å². The van der Waals surface area contributed by atoms with Crippen LogP contribution in [0.3, 0.4) is 0 Å². The number of benzene rings is 2. The third-order valence-corrected chi connectivity index (χ3v) is 3.87. The quantitative estimate of drug-likeness (QED) is 0.796. The second-order valence-corrected chi connectivity index (χ2v) is 5.87. The number of halogens is 1. The Morgan fingerprint density at radius 2 is 1.82 bits per heavy atom. The molecule has 2 N–H and O–H groups in total. The molecule has 0 aliphatic rings. The number of anilines is 1. The van der Waals surface area contributed by atoms with E-state index in [1.807, 2.05) is 63.2 Å². The Hall–Kier alpha value is -2.00. The fourth-order valence-corrected chi connectivity index (χ4v) is 2.51. The van der Waals surface area contributed by atoms with E-state index in [4.69, 9.17) is 11.6 Å². The van der Waals surface area contributed by atoms with Gasteiger partial charge in [-0.15, -0.1) is 0 Å². The Morgan fingerprint density at radius 3 is 2.41 bits per heavy atom. The molecule has 2 aromatic carbocycles. The molecule has 1 atom stereocenters. The van der Waals surface area contributed by atoms with E-state index in [1.54, 1.807) is 0 Å². The number of urea groups is 1. The van der Waals surface area contributed by atoms with Crippen LogP contribution in [0.25, 0.3) is 0 Å². The first-order chi connectivity index (χ1) is 10.5. The van der Waals surface area contributed by atoms with Crippen molar-refractivity contribution in [3.63, 3.8) is 0 Å². The molecule has 0 fully saturated rings. The van der Waals surface area contributed by atoms with Crippen molar-refractivity contribution >= 4 is 23.3 Å². The third kappa shape index (κ3) is 4.25. The van der Waals surface area contributed by atoms with E-state index >= 15 is 0 Å². The van der Waals surface area contributed by atoms with Gasteiger partial charge in [0.05, 0.1) is 6.04 Å². The van der Waals surface area contributed by atoms with Crippen molar-refractivity contribution in [2.24, 2.45) is 0 Å². The number of carbonyl (C=O) groups excluding carboxylic acids is 1. The van der Waals surface area contributed by atoms with Gasteiger partial charge in [0.15, 0.2) is 0 Å². The minimum atomic E-state index is -0.200. The predicted octanol–water partition coefficient (Wildman–Crippen LogP) is 5.23. The molecule has 0 radical (unpaired) electrons. The predicted molar refractivity (Wildman–Crippen MR) is 92.6 cm³/mol. The summed E-state index contributed by atoms with van der Waals surface area (Å²) in [5.41, 5.74) is 4.10. The van der Waals surface area contributed by atoms with E-state index in [-0.39, 0.29) is 12.1 Å². The van der Waals surface area contributed by atoms with Crippen molar-refractivity contribution in [3.05, 3.63) is 64.2 Å². The van der Waals surface area contributed by atoms with Gasteiger partial charge in [-0.1, -0.05) is 48.4 Å². The number of amides is 2. The monoisotopic (exact) mass is 316 g/mol. The van der Waals surface area contributed by atoms with E-state index in [9.17, 15) is 4.79 Å². The Labute approximate surface area is 136 Å².